The standard InChI is InChI=1S/C65H36N4O3/c1-3-15-39-34-53-50(31-37(39)13-1)51-32-38-14-2-4-16-40(38)35-54(51)69(53)42-28-29-44(49(36-42)41-27-30-58-52(33-41)43-17-5-8-22-55(43)70-58)63-66-64(47-20-11-25-59-61(47)45-18-6-9-23-56(45)71-59)68-65(67-63)48-21-12-26-60-62(48)46-19-7-10-24-57(46)72-60/h1-36H. The van der Waals surface area contributed by atoms with Crippen LogP contribution in [0.2, 0.25) is 0 Å². The van der Waals surface area contributed by atoms with Gasteiger partial charge in [0.15, 0.2) is 17.5 Å². The molecule has 0 aliphatic rings. The quantitative estimate of drug-likeness (QED) is 0.171. The highest BCUT2D eigenvalue weighted by Gasteiger charge is 2.24. The molecule has 0 bridgehead atoms. The third kappa shape index (κ3) is 5.76. The molecule has 0 amide bonds. The van der Waals surface area contributed by atoms with E-state index in [2.05, 4.69) is 150 Å². The Bertz CT molecular complexity index is 4730. The van der Waals surface area contributed by atoms with Crippen molar-refractivity contribution in [3.63, 3.8) is 0 Å². The molecule has 7 nitrogen and oxygen atoms in total. The van der Waals surface area contributed by atoms with Gasteiger partial charge in [-0.2, -0.15) is 0 Å². The zero-order chi connectivity index (χ0) is 47.0. The van der Waals surface area contributed by atoms with E-state index < -0.39 is 0 Å². The average Bonchev–Trinajstić information content (AvgIpc) is 4.20. The highest BCUT2D eigenvalue weighted by molar-refractivity contribution is 6.18. The van der Waals surface area contributed by atoms with Crippen LogP contribution in [0.3, 0.4) is 0 Å². The first-order valence-electron chi connectivity index (χ1n) is 24.1. The number of benzene rings is 11. The second-order valence-corrected chi connectivity index (χ2v) is 18.7. The van der Waals surface area contributed by atoms with Gasteiger partial charge in [0.05, 0.1) is 11.0 Å². The Morgan fingerprint density at radius 1 is 0.278 bits per heavy atom. The normalized spacial score (nSPS) is 12.2. The number of nitrogens with zero attached hydrogens (tertiary/aromatic N) is 4. The van der Waals surface area contributed by atoms with Gasteiger partial charge in [0, 0.05) is 65.5 Å². The first-order chi connectivity index (χ1) is 35.6. The predicted molar refractivity (Wildman–Crippen MR) is 293 cm³/mol. The van der Waals surface area contributed by atoms with Gasteiger partial charge in [-0.3, -0.25) is 0 Å². The maximum atomic E-state index is 6.44. The summed E-state index contributed by atoms with van der Waals surface area (Å²) in [7, 11) is 0. The molecule has 16 aromatic rings. The molecule has 72 heavy (non-hydrogen) atoms. The van der Waals surface area contributed by atoms with E-state index in [0.29, 0.717) is 17.5 Å². The highest BCUT2D eigenvalue weighted by atomic mass is 16.3. The summed E-state index contributed by atoms with van der Waals surface area (Å²) in [5, 5.41) is 13.1. The summed E-state index contributed by atoms with van der Waals surface area (Å²) in [6.07, 6.45) is 0. The first-order valence-corrected chi connectivity index (χ1v) is 24.1. The molecule has 334 valence electrons. The lowest BCUT2D eigenvalue weighted by Crippen LogP contribution is -2.02. The van der Waals surface area contributed by atoms with Gasteiger partial charge < -0.3 is 17.8 Å². The molecular weight excluding hydrogens is 885 g/mol. The smallest absolute Gasteiger partial charge is 0.164 e. The number of rotatable bonds is 5. The van der Waals surface area contributed by atoms with E-state index in [-0.39, 0.29) is 0 Å². The van der Waals surface area contributed by atoms with E-state index in [4.69, 9.17) is 28.2 Å². The molecule has 7 heteroatoms. The second-order valence-electron chi connectivity index (χ2n) is 18.7. The third-order valence-corrected chi connectivity index (χ3v) is 14.6. The van der Waals surface area contributed by atoms with Gasteiger partial charge in [-0.15, -0.1) is 0 Å². The SMILES string of the molecule is c1ccc2cc3c(cc2c1)c1cc2ccccc2cc1n3-c1ccc(-c2nc(-c3cccc4oc5ccccc5c34)nc(-c3cccc4oc5ccccc5c34)n2)c(-c2ccc3oc4ccccc4c3c2)c1. The lowest BCUT2D eigenvalue weighted by atomic mass is 9.96. The summed E-state index contributed by atoms with van der Waals surface area (Å²) in [5.74, 6) is 1.59. The van der Waals surface area contributed by atoms with Crippen LogP contribution in [0.4, 0.5) is 0 Å². The Balaban J connectivity index is 1.01. The lowest BCUT2D eigenvalue weighted by Gasteiger charge is -2.16. The molecule has 0 aliphatic heterocycles. The second kappa shape index (κ2) is 14.8. The Labute approximate surface area is 409 Å². The fourth-order valence-electron chi connectivity index (χ4n) is 11.3. The van der Waals surface area contributed by atoms with E-state index in [1.165, 1.54) is 32.3 Å². The van der Waals surface area contributed by atoms with Crippen molar-refractivity contribution in [2.45, 2.75) is 0 Å². The van der Waals surface area contributed by atoms with E-state index in [1.54, 1.807) is 0 Å². The highest BCUT2D eigenvalue weighted by Crippen LogP contribution is 2.44. The van der Waals surface area contributed by atoms with E-state index in [0.717, 1.165) is 110 Å². The number of hydrogen-bond acceptors (Lipinski definition) is 6. The maximum absolute atomic E-state index is 6.44. The first kappa shape index (κ1) is 39.0. The van der Waals surface area contributed by atoms with Crippen LogP contribution in [0.5, 0.6) is 0 Å². The number of aromatic nitrogens is 4. The van der Waals surface area contributed by atoms with Crippen molar-refractivity contribution in [1.29, 1.82) is 0 Å². The van der Waals surface area contributed by atoms with Crippen LogP contribution in [0.25, 0.3) is 160 Å². The van der Waals surface area contributed by atoms with Gasteiger partial charge in [0.25, 0.3) is 0 Å². The van der Waals surface area contributed by atoms with Crippen LogP contribution < -0.4 is 0 Å². The van der Waals surface area contributed by atoms with Crippen LogP contribution in [-0.4, -0.2) is 19.5 Å². The number of fused-ring (bicyclic) bond motifs is 14. The van der Waals surface area contributed by atoms with Gasteiger partial charge >= 0.3 is 0 Å². The average molecular weight is 921 g/mol. The molecule has 0 spiro atoms. The van der Waals surface area contributed by atoms with Gasteiger partial charge in [-0.05, 0) is 118 Å². The maximum Gasteiger partial charge on any atom is 0.164 e. The summed E-state index contributed by atoms with van der Waals surface area (Å²) >= 11 is 0. The zero-order valence-corrected chi connectivity index (χ0v) is 38.3. The van der Waals surface area contributed by atoms with Crippen LogP contribution in [0.1, 0.15) is 0 Å². The zero-order valence-electron chi connectivity index (χ0n) is 38.3. The van der Waals surface area contributed by atoms with Crippen LogP contribution in [0, 0.1) is 0 Å². The topological polar surface area (TPSA) is 83.0 Å². The van der Waals surface area contributed by atoms with Crippen molar-refractivity contribution in [2.75, 3.05) is 0 Å². The fourth-order valence-corrected chi connectivity index (χ4v) is 11.3. The van der Waals surface area contributed by atoms with Crippen molar-refractivity contribution in [3.8, 4) is 51.0 Å². The molecule has 0 fully saturated rings. The summed E-state index contributed by atoms with van der Waals surface area (Å²) in [6, 6.07) is 76.5. The molecule has 11 aromatic carbocycles. The molecule has 0 saturated carbocycles. The molecular formula is C65H36N4O3. The van der Waals surface area contributed by atoms with Gasteiger partial charge in [0.1, 0.15) is 33.5 Å². The van der Waals surface area contributed by atoms with Crippen molar-refractivity contribution >= 4 is 109 Å². The summed E-state index contributed by atoms with van der Waals surface area (Å²) in [4.78, 5) is 16.4. The molecule has 0 atom stereocenters. The molecule has 0 radical (unpaired) electrons. The molecule has 0 aliphatic carbocycles. The Morgan fingerprint density at radius 2 is 0.722 bits per heavy atom. The Hall–Kier alpha value is -9.85. The van der Waals surface area contributed by atoms with E-state index in [1.807, 2.05) is 72.8 Å². The molecule has 0 N–H and O–H groups in total. The minimum absolute atomic E-state index is 0.530. The van der Waals surface area contributed by atoms with Crippen LogP contribution in [-0.2, 0) is 0 Å². The van der Waals surface area contributed by atoms with Crippen molar-refractivity contribution < 1.29 is 13.3 Å². The van der Waals surface area contributed by atoms with Crippen LogP contribution in [0.15, 0.2) is 232 Å². The van der Waals surface area contributed by atoms with Gasteiger partial charge in [-0.25, -0.2) is 15.0 Å². The van der Waals surface area contributed by atoms with E-state index >= 15 is 0 Å². The van der Waals surface area contributed by atoms with E-state index in [9.17, 15) is 0 Å². The van der Waals surface area contributed by atoms with Crippen molar-refractivity contribution in [1.82, 2.24) is 19.5 Å². The third-order valence-electron chi connectivity index (χ3n) is 14.6. The molecule has 0 saturated heterocycles. The molecule has 0 unspecified atom stereocenters. The predicted octanol–water partition coefficient (Wildman–Crippen LogP) is 17.6. The number of furan rings is 3. The molecule has 5 aromatic heterocycles. The summed E-state index contributed by atoms with van der Waals surface area (Å²) < 4.78 is 21.7. The van der Waals surface area contributed by atoms with Gasteiger partial charge in [-0.1, -0.05) is 133 Å². The number of hydrogen-bond donors (Lipinski definition) is 0. The lowest BCUT2D eigenvalue weighted by molar-refractivity contribution is 0.668. The largest absolute Gasteiger partial charge is 0.456 e. The van der Waals surface area contributed by atoms with Crippen molar-refractivity contribution in [2.24, 2.45) is 0 Å². The minimum Gasteiger partial charge on any atom is -0.456 e. The molecule has 16 rings (SSSR count). The minimum atomic E-state index is 0.530. The van der Waals surface area contributed by atoms with Crippen LogP contribution >= 0.6 is 0 Å². The summed E-state index contributed by atoms with van der Waals surface area (Å²) in [5.41, 5.74) is 12.5. The Kier molecular flexibility index (Phi) is 8.04. The van der Waals surface area contributed by atoms with Gasteiger partial charge in [0.2, 0.25) is 0 Å². The number of para-hydroxylation sites is 3. The van der Waals surface area contributed by atoms with Crippen molar-refractivity contribution in [3.05, 3.63) is 218 Å². The fraction of sp³-hybridized carbons (Fsp3) is 0. The Morgan fingerprint density at radius 3 is 1.29 bits per heavy atom. The molecule has 5 heterocycles. The summed E-state index contributed by atoms with van der Waals surface area (Å²) in [6.45, 7) is 0. The monoisotopic (exact) mass is 920 g/mol.